The van der Waals surface area contributed by atoms with Gasteiger partial charge in [-0.3, -0.25) is 4.99 Å². The monoisotopic (exact) mass is 230 g/mol. The maximum Gasteiger partial charge on any atom is 0.416 e. The lowest BCUT2D eigenvalue weighted by molar-refractivity contribution is -0.137. The molecule has 1 aromatic rings. The van der Waals surface area contributed by atoms with E-state index in [-0.39, 0.29) is 5.84 Å². The van der Waals surface area contributed by atoms with Gasteiger partial charge in [-0.25, -0.2) is 0 Å². The van der Waals surface area contributed by atoms with Crippen molar-refractivity contribution < 1.29 is 13.2 Å². The molecule has 88 valence electrons. The zero-order chi connectivity index (χ0) is 12.2. The first-order chi connectivity index (χ1) is 7.45. The Kier molecular flexibility index (Phi) is 3.93. The van der Waals surface area contributed by atoms with Gasteiger partial charge in [0.05, 0.1) is 5.56 Å². The van der Waals surface area contributed by atoms with Crippen molar-refractivity contribution in [1.82, 2.24) is 0 Å². The van der Waals surface area contributed by atoms with Crippen molar-refractivity contribution in [2.45, 2.75) is 19.5 Å². The van der Waals surface area contributed by atoms with Crippen LogP contribution in [-0.2, 0) is 6.18 Å². The predicted molar refractivity (Wildman–Crippen MR) is 57.3 cm³/mol. The molecule has 1 aromatic carbocycles. The van der Waals surface area contributed by atoms with Crippen molar-refractivity contribution in [3.8, 4) is 0 Å². The van der Waals surface area contributed by atoms with Crippen LogP contribution in [0.5, 0.6) is 0 Å². The van der Waals surface area contributed by atoms with Crippen molar-refractivity contribution >= 4 is 5.84 Å². The van der Waals surface area contributed by atoms with Gasteiger partial charge in [-0.15, -0.1) is 0 Å². The van der Waals surface area contributed by atoms with Crippen molar-refractivity contribution in [3.63, 3.8) is 0 Å². The summed E-state index contributed by atoms with van der Waals surface area (Å²) in [7, 11) is 0. The summed E-state index contributed by atoms with van der Waals surface area (Å²) in [5.74, 6) is 0.274. The molecule has 0 aliphatic heterocycles. The van der Waals surface area contributed by atoms with Crippen LogP contribution >= 0.6 is 0 Å². The van der Waals surface area contributed by atoms with Crippen LogP contribution in [0.3, 0.4) is 0 Å². The number of hydrogen-bond donors (Lipinski definition) is 1. The van der Waals surface area contributed by atoms with Crippen LogP contribution in [0.4, 0.5) is 13.2 Å². The van der Waals surface area contributed by atoms with E-state index in [2.05, 4.69) is 4.99 Å². The highest BCUT2D eigenvalue weighted by atomic mass is 19.4. The molecule has 0 saturated carbocycles. The number of nitrogens with two attached hydrogens (primary N) is 1. The highest BCUT2D eigenvalue weighted by molar-refractivity contribution is 5.97. The lowest BCUT2D eigenvalue weighted by atomic mass is 10.1. The first-order valence-electron chi connectivity index (χ1n) is 4.92. The first-order valence-corrected chi connectivity index (χ1v) is 4.92. The minimum Gasteiger partial charge on any atom is -0.384 e. The van der Waals surface area contributed by atoms with Gasteiger partial charge in [0.15, 0.2) is 0 Å². The van der Waals surface area contributed by atoms with E-state index >= 15 is 0 Å². The third-order valence-corrected chi connectivity index (χ3v) is 2.01. The number of nitrogens with zero attached hydrogens (tertiary/aromatic N) is 1. The molecule has 0 bridgehead atoms. The Morgan fingerprint density at radius 3 is 2.25 bits per heavy atom. The summed E-state index contributed by atoms with van der Waals surface area (Å²) in [6, 6.07) is 4.67. The van der Waals surface area contributed by atoms with E-state index in [1.807, 2.05) is 6.92 Å². The molecule has 0 spiro atoms. The van der Waals surface area contributed by atoms with E-state index < -0.39 is 11.7 Å². The smallest absolute Gasteiger partial charge is 0.384 e. The summed E-state index contributed by atoms with van der Waals surface area (Å²) in [5.41, 5.74) is 5.44. The lowest BCUT2D eigenvalue weighted by Gasteiger charge is -2.07. The molecular weight excluding hydrogens is 217 g/mol. The third-order valence-electron chi connectivity index (χ3n) is 2.01. The molecule has 0 aliphatic carbocycles. The van der Waals surface area contributed by atoms with Gasteiger partial charge >= 0.3 is 6.18 Å². The van der Waals surface area contributed by atoms with E-state index in [1.165, 1.54) is 12.1 Å². The van der Waals surface area contributed by atoms with E-state index in [9.17, 15) is 13.2 Å². The van der Waals surface area contributed by atoms with E-state index in [0.29, 0.717) is 12.1 Å². The second kappa shape index (κ2) is 5.01. The fourth-order valence-electron chi connectivity index (χ4n) is 1.15. The SMILES string of the molecule is CCCN=C(N)c1ccc(C(F)(F)F)cc1. The summed E-state index contributed by atoms with van der Waals surface area (Å²) < 4.78 is 36.8. The summed E-state index contributed by atoms with van der Waals surface area (Å²) in [4.78, 5) is 4.02. The molecule has 0 unspecified atom stereocenters. The molecule has 0 aromatic heterocycles. The maximum atomic E-state index is 12.3. The molecule has 16 heavy (non-hydrogen) atoms. The van der Waals surface area contributed by atoms with Crippen LogP contribution in [0.2, 0.25) is 0 Å². The summed E-state index contributed by atoms with van der Waals surface area (Å²) in [6.45, 7) is 2.52. The van der Waals surface area contributed by atoms with E-state index in [4.69, 9.17) is 5.73 Å². The Labute approximate surface area is 92.0 Å². The molecule has 0 heterocycles. The Hall–Kier alpha value is -1.52. The average Bonchev–Trinajstić information content (AvgIpc) is 2.25. The number of amidine groups is 1. The van der Waals surface area contributed by atoms with Gasteiger partial charge in [-0.1, -0.05) is 19.1 Å². The van der Waals surface area contributed by atoms with Gasteiger partial charge in [0.1, 0.15) is 5.84 Å². The number of rotatable bonds is 3. The van der Waals surface area contributed by atoms with Gasteiger partial charge in [0.25, 0.3) is 0 Å². The molecule has 0 radical (unpaired) electrons. The summed E-state index contributed by atoms with van der Waals surface area (Å²) in [6.07, 6.45) is -3.46. The van der Waals surface area contributed by atoms with Crippen LogP contribution in [0.25, 0.3) is 0 Å². The van der Waals surface area contributed by atoms with Gasteiger partial charge in [0, 0.05) is 12.1 Å². The highest BCUT2D eigenvalue weighted by Gasteiger charge is 2.29. The molecule has 2 N–H and O–H groups in total. The first kappa shape index (κ1) is 12.5. The molecule has 0 fully saturated rings. The summed E-state index contributed by atoms with van der Waals surface area (Å²) >= 11 is 0. The minimum atomic E-state index is -4.31. The maximum absolute atomic E-state index is 12.3. The van der Waals surface area contributed by atoms with Crippen molar-refractivity contribution in [1.29, 1.82) is 0 Å². The van der Waals surface area contributed by atoms with Gasteiger partial charge < -0.3 is 5.73 Å². The Balaban J connectivity index is 2.87. The van der Waals surface area contributed by atoms with Gasteiger partial charge in [0.2, 0.25) is 0 Å². The topological polar surface area (TPSA) is 38.4 Å². The largest absolute Gasteiger partial charge is 0.416 e. The standard InChI is InChI=1S/C11H13F3N2/c1-2-7-16-10(15)8-3-5-9(6-4-8)11(12,13)14/h3-6H,2,7H2,1H3,(H2,15,16). The molecule has 0 aliphatic rings. The number of alkyl halides is 3. The Morgan fingerprint density at radius 1 is 1.25 bits per heavy atom. The number of halogens is 3. The molecule has 1 rings (SSSR count). The normalized spacial score (nSPS) is 12.9. The molecule has 0 atom stereocenters. The number of hydrogen-bond acceptors (Lipinski definition) is 1. The average molecular weight is 230 g/mol. The van der Waals surface area contributed by atoms with Crippen LogP contribution in [0, 0.1) is 0 Å². The van der Waals surface area contributed by atoms with Crippen molar-refractivity contribution in [2.24, 2.45) is 10.7 Å². The zero-order valence-corrected chi connectivity index (χ0v) is 8.88. The molecule has 0 amide bonds. The van der Waals surface area contributed by atoms with E-state index in [1.54, 1.807) is 0 Å². The minimum absolute atomic E-state index is 0.274. The Bertz CT molecular complexity index is 366. The highest BCUT2D eigenvalue weighted by Crippen LogP contribution is 2.28. The van der Waals surface area contributed by atoms with Crippen LogP contribution < -0.4 is 5.73 Å². The fourth-order valence-corrected chi connectivity index (χ4v) is 1.15. The van der Waals surface area contributed by atoms with E-state index in [0.717, 1.165) is 18.6 Å². The summed E-state index contributed by atoms with van der Waals surface area (Å²) in [5, 5.41) is 0. The van der Waals surface area contributed by atoms with Gasteiger partial charge in [-0.2, -0.15) is 13.2 Å². The zero-order valence-electron chi connectivity index (χ0n) is 8.88. The molecule has 5 heteroatoms. The number of aliphatic imine (C=N–C) groups is 1. The Morgan fingerprint density at radius 2 is 1.81 bits per heavy atom. The van der Waals surface area contributed by atoms with Crippen molar-refractivity contribution in [2.75, 3.05) is 6.54 Å². The van der Waals surface area contributed by atoms with Gasteiger partial charge in [-0.05, 0) is 18.6 Å². The van der Waals surface area contributed by atoms with Crippen LogP contribution in [-0.4, -0.2) is 12.4 Å². The lowest BCUT2D eigenvalue weighted by Crippen LogP contribution is -2.14. The molecule has 0 saturated heterocycles. The molecular formula is C11H13F3N2. The predicted octanol–water partition coefficient (Wildman–Crippen LogP) is 2.82. The fraction of sp³-hybridized carbons (Fsp3) is 0.364. The third kappa shape index (κ3) is 3.25. The van der Waals surface area contributed by atoms with Crippen molar-refractivity contribution in [3.05, 3.63) is 35.4 Å². The molecule has 2 nitrogen and oxygen atoms in total. The van der Waals surface area contributed by atoms with Crippen LogP contribution in [0.1, 0.15) is 24.5 Å². The van der Waals surface area contributed by atoms with Crippen LogP contribution in [0.15, 0.2) is 29.3 Å². The second-order valence-electron chi connectivity index (χ2n) is 3.34. The number of benzene rings is 1. The quantitative estimate of drug-likeness (QED) is 0.629. The second-order valence-corrected chi connectivity index (χ2v) is 3.34.